The molecule has 5 N–H and O–H groups in total. The van der Waals surface area contributed by atoms with Crippen LogP contribution in [0.1, 0.15) is 30.6 Å². The van der Waals surface area contributed by atoms with E-state index in [4.69, 9.17) is 15.6 Å². The van der Waals surface area contributed by atoms with E-state index in [1.54, 1.807) is 0 Å². The summed E-state index contributed by atoms with van der Waals surface area (Å²) in [4.78, 5) is 26.1. The summed E-state index contributed by atoms with van der Waals surface area (Å²) in [5, 5.41) is 14.3. The van der Waals surface area contributed by atoms with Gasteiger partial charge in [0.15, 0.2) is 0 Å². The molecule has 1 heterocycles. The lowest BCUT2D eigenvalue weighted by Gasteiger charge is -2.27. The highest BCUT2D eigenvalue weighted by molar-refractivity contribution is 7.11. The molecule has 12 heteroatoms. The molecule has 0 radical (unpaired) electrons. The highest BCUT2D eigenvalue weighted by Crippen LogP contribution is 2.34. The number of carbonyl (C=O) groups excluding carboxylic acids is 2. The summed E-state index contributed by atoms with van der Waals surface area (Å²) in [6.45, 7) is 5.51. The summed E-state index contributed by atoms with van der Waals surface area (Å²) in [7, 11) is 0. The molecule has 1 aliphatic carbocycles. The normalized spacial score (nSPS) is 20.2. The highest BCUT2D eigenvalue weighted by Gasteiger charge is 2.34. The van der Waals surface area contributed by atoms with Crippen LogP contribution in [0.3, 0.4) is 0 Å². The zero-order valence-corrected chi connectivity index (χ0v) is 18.9. The number of urea groups is 1. The second-order valence-corrected chi connectivity index (χ2v) is 8.18. The number of allylic oxidation sites excluding steroid dienone is 3. The first-order chi connectivity index (χ1) is 15.2. The Morgan fingerprint density at radius 1 is 1.44 bits per heavy atom. The summed E-state index contributed by atoms with van der Waals surface area (Å²) in [5.41, 5.74) is 3.44. The van der Waals surface area contributed by atoms with E-state index in [2.05, 4.69) is 15.0 Å². The van der Waals surface area contributed by atoms with Crippen molar-refractivity contribution in [2.75, 3.05) is 44.7 Å². The van der Waals surface area contributed by atoms with Crippen LogP contribution >= 0.6 is 11.5 Å². The molecule has 32 heavy (non-hydrogen) atoms. The third kappa shape index (κ3) is 7.24. The SMILES string of the molecule is CCN(CCO)CCCNC(=O)Nc1snc(OCC2C=C(F)C=CC2(C)F)c1C(N)=O. The van der Waals surface area contributed by atoms with E-state index in [1.807, 2.05) is 11.8 Å². The number of halogens is 2. The number of alkyl halides is 1. The van der Waals surface area contributed by atoms with Gasteiger partial charge in [0.25, 0.3) is 5.91 Å². The first-order valence-electron chi connectivity index (χ1n) is 10.2. The molecule has 0 spiro atoms. The molecular formula is C20H29F2N5O4S. The van der Waals surface area contributed by atoms with Gasteiger partial charge in [-0.05, 0) is 56.2 Å². The molecule has 9 nitrogen and oxygen atoms in total. The number of aliphatic hydroxyl groups is 1. The number of nitrogens with one attached hydrogen (secondary N) is 2. The Balaban J connectivity index is 1.93. The second kappa shape index (κ2) is 11.9. The molecule has 1 aromatic rings. The minimum atomic E-state index is -1.83. The van der Waals surface area contributed by atoms with E-state index in [0.29, 0.717) is 26.1 Å². The van der Waals surface area contributed by atoms with Crippen LogP contribution in [0.4, 0.5) is 18.6 Å². The van der Waals surface area contributed by atoms with Crippen LogP contribution in [0.25, 0.3) is 0 Å². The van der Waals surface area contributed by atoms with E-state index < -0.39 is 29.4 Å². The lowest BCUT2D eigenvalue weighted by atomic mass is 9.87. The number of hydrogen-bond donors (Lipinski definition) is 4. The van der Waals surface area contributed by atoms with Crippen molar-refractivity contribution in [1.29, 1.82) is 0 Å². The first-order valence-corrected chi connectivity index (χ1v) is 11.0. The van der Waals surface area contributed by atoms with Crippen molar-refractivity contribution in [2.45, 2.75) is 25.9 Å². The van der Waals surface area contributed by atoms with Gasteiger partial charge in [-0.25, -0.2) is 13.6 Å². The minimum Gasteiger partial charge on any atom is -0.476 e. The van der Waals surface area contributed by atoms with Crippen molar-refractivity contribution >= 4 is 28.5 Å². The Morgan fingerprint density at radius 2 is 2.19 bits per heavy atom. The van der Waals surface area contributed by atoms with E-state index in [9.17, 15) is 18.4 Å². The number of amides is 3. The summed E-state index contributed by atoms with van der Waals surface area (Å²) in [5.74, 6) is -2.54. The van der Waals surface area contributed by atoms with Crippen LogP contribution in [0.15, 0.2) is 24.1 Å². The summed E-state index contributed by atoms with van der Waals surface area (Å²) in [6, 6.07) is -0.549. The molecular weight excluding hydrogens is 444 g/mol. The number of hydrogen-bond acceptors (Lipinski definition) is 7. The average molecular weight is 474 g/mol. The number of likely N-dealkylation sites (N-methyl/N-ethyl adjacent to an activating group) is 1. The number of ether oxygens (including phenoxy) is 1. The number of carbonyl (C=O) groups is 2. The molecule has 2 rings (SSSR count). The maximum Gasteiger partial charge on any atom is 0.319 e. The highest BCUT2D eigenvalue weighted by atomic mass is 32.1. The monoisotopic (exact) mass is 473 g/mol. The molecule has 3 amide bonds. The molecule has 0 fully saturated rings. The third-order valence-corrected chi connectivity index (χ3v) is 5.73. The van der Waals surface area contributed by atoms with Crippen molar-refractivity contribution in [3.8, 4) is 5.88 Å². The third-order valence-electron chi connectivity index (χ3n) is 4.99. The fourth-order valence-corrected chi connectivity index (χ4v) is 3.79. The topological polar surface area (TPSA) is 130 Å². The maximum absolute atomic E-state index is 14.5. The Bertz CT molecular complexity index is 859. The van der Waals surface area contributed by atoms with Crippen LogP contribution in [-0.2, 0) is 0 Å². The molecule has 0 saturated heterocycles. The van der Waals surface area contributed by atoms with Crippen LogP contribution in [0.2, 0.25) is 0 Å². The van der Waals surface area contributed by atoms with E-state index in [1.165, 1.54) is 6.92 Å². The quantitative estimate of drug-likeness (QED) is 0.345. The fourth-order valence-electron chi connectivity index (χ4n) is 3.05. The Labute approximate surface area is 189 Å². The van der Waals surface area contributed by atoms with Gasteiger partial charge in [0.2, 0.25) is 5.88 Å². The van der Waals surface area contributed by atoms with Gasteiger partial charge in [-0.1, -0.05) is 6.92 Å². The second-order valence-electron chi connectivity index (χ2n) is 7.40. The van der Waals surface area contributed by atoms with Gasteiger partial charge in [-0.3, -0.25) is 10.1 Å². The van der Waals surface area contributed by atoms with Gasteiger partial charge in [-0.2, -0.15) is 4.37 Å². The van der Waals surface area contributed by atoms with Crippen LogP contribution in [0.5, 0.6) is 5.88 Å². The van der Waals surface area contributed by atoms with Gasteiger partial charge < -0.3 is 25.8 Å². The number of nitrogens with two attached hydrogens (primary N) is 1. The van der Waals surface area contributed by atoms with Gasteiger partial charge in [-0.15, -0.1) is 0 Å². The Kier molecular flexibility index (Phi) is 9.54. The lowest BCUT2D eigenvalue weighted by molar-refractivity contribution is 0.0991. The summed E-state index contributed by atoms with van der Waals surface area (Å²) in [6.07, 6.45) is 3.92. The van der Waals surface area contributed by atoms with Gasteiger partial charge >= 0.3 is 6.03 Å². The van der Waals surface area contributed by atoms with E-state index in [-0.39, 0.29) is 29.7 Å². The zero-order valence-electron chi connectivity index (χ0n) is 18.1. The van der Waals surface area contributed by atoms with Gasteiger partial charge in [0.1, 0.15) is 22.1 Å². The summed E-state index contributed by atoms with van der Waals surface area (Å²) >= 11 is 0.793. The molecule has 178 valence electrons. The molecule has 0 saturated carbocycles. The van der Waals surface area contributed by atoms with Crippen molar-refractivity contribution in [1.82, 2.24) is 14.6 Å². The zero-order chi connectivity index (χ0) is 23.7. The van der Waals surface area contributed by atoms with E-state index in [0.717, 1.165) is 36.3 Å². The Morgan fingerprint density at radius 3 is 2.84 bits per heavy atom. The van der Waals surface area contributed by atoms with E-state index >= 15 is 0 Å². The number of aromatic nitrogens is 1. The molecule has 1 aromatic heterocycles. The van der Waals surface area contributed by atoms with Crippen molar-refractivity contribution in [3.63, 3.8) is 0 Å². The number of nitrogens with zero attached hydrogens (tertiary/aromatic N) is 2. The minimum absolute atomic E-state index is 0.0701. The smallest absolute Gasteiger partial charge is 0.319 e. The molecule has 2 unspecified atom stereocenters. The molecule has 0 bridgehead atoms. The standard InChI is InChI=1S/C20H29F2N5O4S/c1-3-27(9-10-28)8-4-7-24-19(30)25-18-15(16(23)29)17(26-32-18)31-12-13-11-14(21)5-6-20(13,2)22/h5-6,11,13,28H,3-4,7-10,12H2,1-2H3,(H2,23,29)(H2,24,25,30). The average Bonchev–Trinajstić information content (AvgIpc) is 3.13. The first kappa shape index (κ1) is 25.7. The number of primary amides is 1. The van der Waals surface area contributed by atoms with Crippen LogP contribution < -0.4 is 21.1 Å². The largest absolute Gasteiger partial charge is 0.476 e. The fraction of sp³-hybridized carbons (Fsp3) is 0.550. The Hall–Kier alpha value is -2.57. The molecule has 0 aliphatic heterocycles. The predicted molar refractivity (Wildman–Crippen MR) is 118 cm³/mol. The molecule has 2 atom stereocenters. The van der Waals surface area contributed by atoms with Gasteiger partial charge in [0.05, 0.1) is 19.1 Å². The molecule has 0 aromatic carbocycles. The van der Waals surface area contributed by atoms with Crippen molar-refractivity contribution < 1.29 is 28.2 Å². The van der Waals surface area contributed by atoms with Gasteiger partial charge in [0, 0.05) is 13.1 Å². The number of aliphatic hydroxyl groups excluding tert-OH is 1. The molecule has 1 aliphatic rings. The van der Waals surface area contributed by atoms with Crippen LogP contribution in [0, 0.1) is 5.92 Å². The number of anilines is 1. The van der Waals surface area contributed by atoms with Crippen molar-refractivity contribution in [3.05, 3.63) is 29.6 Å². The maximum atomic E-state index is 14.5. The summed E-state index contributed by atoms with van der Waals surface area (Å²) < 4.78 is 37.5. The predicted octanol–water partition coefficient (Wildman–Crippen LogP) is 2.21. The number of rotatable bonds is 12. The lowest BCUT2D eigenvalue weighted by Crippen LogP contribution is -2.34. The van der Waals surface area contributed by atoms with Crippen LogP contribution in [-0.4, -0.2) is 71.4 Å². The van der Waals surface area contributed by atoms with Crippen molar-refractivity contribution in [2.24, 2.45) is 11.7 Å².